The van der Waals surface area contributed by atoms with E-state index in [2.05, 4.69) is 25.3 Å². The van der Waals surface area contributed by atoms with E-state index in [0.29, 0.717) is 36.5 Å². The van der Waals surface area contributed by atoms with Crippen LogP contribution < -0.4 is 11.2 Å². The van der Waals surface area contributed by atoms with Gasteiger partial charge in [-0.2, -0.15) is 5.26 Å². The molecule has 2 aliphatic rings. The Balaban J connectivity index is 2.17. The molecule has 6 heteroatoms. The lowest BCUT2D eigenvalue weighted by atomic mass is 9.76. The maximum Gasteiger partial charge on any atom is 0.235 e. The maximum absolute atomic E-state index is 12.8. The van der Waals surface area contributed by atoms with Gasteiger partial charge in [0.25, 0.3) is 0 Å². The Morgan fingerprint density at radius 1 is 1.30 bits per heavy atom. The number of hydrogen-bond acceptors (Lipinski definition) is 5. The molecule has 1 aliphatic heterocycles. The van der Waals surface area contributed by atoms with Gasteiger partial charge in [-0.1, -0.05) is 38.1 Å². The number of benzene rings is 1. The normalized spacial score (nSPS) is 19.9. The van der Waals surface area contributed by atoms with Gasteiger partial charge in [-0.15, -0.1) is 0 Å². The SMILES string of the molecule is CC(=O)NN1C(N)=C(C#N)C(c2ccc(C(C)C)cc2)C2=C1CCCC2=O. The van der Waals surface area contributed by atoms with E-state index in [1.165, 1.54) is 17.5 Å². The number of amides is 1. The zero-order valence-corrected chi connectivity index (χ0v) is 15.9. The van der Waals surface area contributed by atoms with Crippen molar-refractivity contribution in [3.8, 4) is 6.07 Å². The fourth-order valence-corrected chi connectivity index (χ4v) is 3.78. The molecule has 3 rings (SSSR count). The van der Waals surface area contributed by atoms with Gasteiger partial charge in [0.05, 0.1) is 17.6 Å². The summed E-state index contributed by atoms with van der Waals surface area (Å²) in [6, 6.07) is 10.2. The number of ketones is 1. The summed E-state index contributed by atoms with van der Waals surface area (Å²) in [6.07, 6.45) is 1.76. The molecule has 27 heavy (non-hydrogen) atoms. The van der Waals surface area contributed by atoms with Crippen molar-refractivity contribution in [2.75, 3.05) is 0 Å². The van der Waals surface area contributed by atoms with E-state index < -0.39 is 5.92 Å². The Bertz CT molecular complexity index is 888. The number of nitrogens with one attached hydrogen (secondary N) is 1. The lowest BCUT2D eigenvalue weighted by molar-refractivity contribution is -0.123. The first kappa shape index (κ1) is 18.7. The van der Waals surface area contributed by atoms with E-state index in [-0.39, 0.29) is 23.1 Å². The van der Waals surface area contributed by atoms with Gasteiger partial charge in [0.2, 0.25) is 5.91 Å². The lowest BCUT2D eigenvalue weighted by Crippen LogP contribution is -2.47. The first-order chi connectivity index (χ1) is 12.8. The second kappa shape index (κ2) is 7.28. The number of carbonyl (C=O) groups excluding carboxylic acids is 2. The summed E-state index contributed by atoms with van der Waals surface area (Å²) in [5, 5.41) is 11.2. The topological polar surface area (TPSA) is 99.2 Å². The highest BCUT2D eigenvalue weighted by molar-refractivity contribution is 5.99. The highest BCUT2D eigenvalue weighted by atomic mass is 16.2. The van der Waals surface area contributed by atoms with Crippen LogP contribution in [0.5, 0.6) is 0 Å². The monoisotopic (exact) mass is 364 g/mol. The third-order valence-corrected chi connectivity index (χ3v) is 5.12. The molecular weight excluding hydrogens is 340 g/mol. The quantitative estimate of drug-likeness (QED) is 0.859. The second-order valence-electron chi connectivity index (χ2n) is 7.31. The average Bonchev–Trinajstić information content (AvgIpc) is 2.63. The van der Waals surface area contributed by atoms with Crippen LogP contribution in [-0.2, 0) is 9.59 Å². The number of nitrogens with zero attached hydrogens (tertiary/aromatic N) is 2. The summed E-state index contributed by atoms with van der Waals surface area (Å²) in [4.78, 5) is 24.5. The van der Waals surface area contributed by atoms with Crippen molar-refractivity contribution in [3.63, 3.8) is 0 Å². The van der Waals surface area contributed by atoms with Gasteiger partial charge in [0.15, 0.2) is 5.78 Å². The molecule has 1 atom stereocenters. The summed E-state index contributed by atoms with van der Waals surface area (Å²) in [6.45, 7) is 5.61. The van der Waals surface area contributed by atoms with E-state index in [4.69, 9.17) is 5.73 Å². The fourth-order valence-electron chi connectivity index (χ4n) is 3.78. The highest BCUT2D eigenvalue weighted by Gasteiger charge is 2.40. The number of nitrogens with two attached hydrogens (primary N) is 1. The van der Waals surface area contributed by atoms with Crippen LogP contribution in [0.25, 0.3) is 0 Å². The molecule has 1 aromatic carbocycles. The van der Waals surface area contributed by atoms with Gasteiger partial charge in [0.1, 0.15) is 5.82 Å². The molecule has 0 fully saturated rings. The number of hydrazine groups is 1. The minimum Gasteiger partial charge on any atom is -0.383 e. The van der Waals surface area contributed by atoms with Crippen LogP contribution in [0.1, 0.15) is 63.0 Å². The zero-order chi connectivity index (χ0) is 19.7. The second-order valence-corrected chi connectivity index (χ2v) is 7.31. The first-order valence-electron chi connectivity index (χ1n) is 9.18. The Morgan fingerprint density at radius 2 is 1.96 bits per heavy atom. The van der Waals surface area contributed by atoms with E-state index in [1.807, 2.05) is 24.3 Å². The van der Waals surface area contributed by atoms with Crippen molar-refractivity contribution < 1.29 is 9.59 Å². The largest absolute Gasteiger partial charge is 0.383 e. The van der Waals surface area contributed by atoms with Crippen LogP contribution in [0.3, 0.4) is 0 Å². The van der Waals surface area contributed by atoms with E-state index in [0.717, 1.165) is 5.56 Å². The maximum atomic E-state index is 12.8. The molecule has 0 spiro atoms. The molecule has 0 aromatic heterocycles. The fraction of sp³-hybridized carbons (Fsp3) is 0.381. The number of nitriles is 1. The third-order valence-electron chi connectivity index (χ3n) is 5.12. The van der Waals surface area contributed by atoms with Gasteiger partial charge < -0.3 is 5.73 Å². The standard InChI is InChI=1S/C21H24N4O2/c1-12(2)14-7-9-15(10-8-14)19-16(11-22)21(23)25(24-13(3)26)17-5-4-6-18(27)20(17)19/h7-10,12,19H,4-6,23H2,1-3H3,(H,24,26). The number of rotatable bonds is 3. The van der Waals surface area contributed by atoms with Crippen LogP contribution >= 0.6 is 0 Å². The predicted octanol–water partition coefficient (Wildman–Crippen LogP) is 2.96. The minimum absolute atomic E-state index is 0.00443. The van der Waals surface area contributed by atoms with Crippen molar-refractivity contribution >= 4 is 11.7 Å². The number of Topliss-reactive ketones (excluding diaryl/α,β-unsaturated/α-hetero) is 1. The van der Waals surface area contributed by atoms with Crippen LogP contribution in [0, 0.1) is 11.3 Å². The summed E-state index contributed by atoms with van der Waals surface area (Å²) >= 11 is 0. The van der Waals surface area contributed by atoms with Crippen molar-refractivity contribution in [2.45, 2.75) is 51.9 Å². The number of carbonyl (C=O) groups is 2. The summed E-state index contributed by atoms with van der Waals surface area (Å²) < 4.78 is 0. The van der Waals surface area contributed by atoms with Gasteiger partial charge >= 0.3 is 0 Å². The average molecular weight is 364 g/mol. The zero-order valence-electron chi connectivity index (χ0n) is 15.9. The molecular formula is C21H24N4O2. The van der Waals surface area contributed by atoms with Crippen LogP contribution in [0.2, 0.25) is 0 Å². The van der Waals surface area contributed by atoms with Gasteiger partial charge in [-0.25, -0.2) is 5.01 Å². The van der Waals surface area contributed by atoms with Gasteiger partial charge in [0, 0.05) is 24.6 Å². The lowest BCUT2D eigenvalue weighted by Gasteiger charge is -2.39. The highest BCUT2D eigenvalue weighted by Crippen LogP contribution is 2.44. The molecule has 1 aliphatic carbocycles. The van der Waals surface area contributed by atoms with E-state index in [1.54, 1.807) is 0 Å². The molecule has 3 N–H and O–H groups in total. The van der Waals surface area contributed by atoms with Crippen molar-refractivity contribution in [3.05, 3.63) is 58.1 Å². The third kappa shape index (κ3) is 3.33. The van der Waals surface area contributed by atoms with Crippen LogP contribution in [0.4, 0.5) is 0 Å². The molecule has 1 unspecified atom stereocenters. The summed E-state index contributed by atoms with van der Waals surface area (Å²) in [5.41, 5.74) is 12.5. The molecule has 1 aromatic rings. The Labute approximate surface area is 159 Å². The van der Waals surface area contributed by atoms with E-state index in [9.17, 15) is 14.9 Å². The molecule has 0 saturated heterocycles. The Hall–Kier alpha value is -3.07. The smallest absolute Gasteiger partial charge is 0.235 e. The van der Waals surface area contributed by atoms with Crippen molar-refractivity contribution in [2.24, 2.45) is 5.73 Å². The van der Waals surface area contributed by atoms with Gasteiger partial charge in [-0.05, 0) is 29.9 Å². The minimum atomic E-state index is -0.496. The Morgan fingerprint density at radius 3 is 2.52 bits per heavy atom. The predicted molar refractivity (Wildman–Crippen MR) is 102 cm³/mol. The molecule has 0 saturated carbocycles. The summed E-state index contributed by atoms with van der Waals surface area (Å²) in [7, 11) is 0. The van der Waals surface area contributed by atoms with Crippen LogP contribution in [0.15, 0.2) is 46.9 Å². The molecule has 1 heterocycles. The molecule has 6 nitrogen and oxygen atoms in total. The Kier molecular flexibility index (Phi) is 5.04. The molecule has 0 radical (unpaired) electrons. The molecule has 140 valence electrons. The molecule has 1 amide bonds. The first-order valence-corrected chi connectivity index (χ1v) is 9.18. The van der Waals surface area contributed by atoms with Gasteiger partial charge in [-0.3, -0.25) is 15.0 Å². The number of hydrogen-bond donors (Lipinski definition) is 2. The van der Waals surface area contributed by atoms with Crippen molar-refractivity contribution in [1.29, 1.82) is 5.26 Å². The number of allylic oxidation sites excluding steroid dienone is 3. The van der Waals surface area contributed by atoms with Crippen molar-refractivity contribution in [1.82, 2.24) is 10.4 Å². The van der Waals surface area contributed by atoms with Crippen LogP contribution in [-0.4, -0.2) is 16.7 Å². The molecule has 0 bridgehead atoms. The summed E-state index contributed by atoms with van der Waals surface area (Å²) in [5.74, 6) is -0.226. The van der Waals surface area contributed by atoms with E-state index >= 15 is 0 Å².